The van der Waals surface area contributed by atoms with Crippen LogP contribution in [0.15, 0.2) is 12.1 Å². The average Bonchev–Trinajstić information content (AvgIpc) is 3.37. The largest absolute Gasteiger partial charge is 0.444 e. The molecule has 3 heterocycles. The van der Waals surface area contributed by atoms with Gasteiger partial charge in [-0.1, -0.05) is 11.6 Å². The Morgan fingerprint density at radius 2 is 2.00 bits per heavy atom. The van der Waals surface area contributed by atoms with Gasteiger partial charge in [0.1, 0.15) is 5.60 Å². The van der Waals surface area contributed by atoms with E-state index in [-0.39, 0.29) is 24.0 Å². The van der Waals surface area contributed by atoms with Gasteiger partial charge in [0.25, 0.3) is 0 Å². The van der Waals surface area contributed by atoms with Gasteiger partial charge in [-0.2, -0.15) is 0 Å². The van der Waals surface area contributed by atoms with E-state index in [0.717, 1.165) is 36.8 Å². The number of fused-ring (bicyclic) bond motifs is 1. The third kappa shape index (κ3) is 4.45. The lowest BCUT2D eigenvalue weighted by Gasteiger charge is -2.35. The Morgan fingerprint density at radius 1 is 1.20 bits per heavy atom. The summed E-state index contributed by atoms with van der Waals surface area (Å²) in [5.41, 5.74) is 2.84. The molecule has 0 spiro atoms. The lowest BCUT2D eigenvalue weighted by atomic mass is 9.89. The highest BCUT2D eigenvalue weighted by molar-refractivity contribution is 6.30. The highest BCUT2D eigenvalue weighted by atomic mass is 35.5. The van der Waals surface area contributed by atoms with Crippen molar-refractivity contribution in [1.82, 2.24) is 9.80 Å². The molecule has 0 radical (unpaired) electrons. The van der Waals surface area contributed by atoms with Crippen molar-refractivity contribution in [3.8, 4) is 0 Å². The molecule has 0 unspecified atom stereocenters. The first-order chi connectivity index (χ1) is 14.2. The van der Waals surface area contributed by atoms with Gasteiger partial charge in [-0.15, -0.1) is 0 Å². The molecular formula is C23H31ClN2O4. The lowest BCUT2D eigenvalue weighted by molar-refractivity contribution is -0.136. The zero-order valence-electron chi connectivity index (χ0n) is 18.1. The third-order valence-electron chi connectivity index (χ3n) is 6.17. The molecule has 4 rings (SSSR count). The van der Waals surface area contributed by atoms with Crippen molar-refractivity contribution in [3.05, 3.63) is 33.8 Å². The predicted molar refractivity (Wildman–Crippen MR) is 114 cm³/mol. The summed E-state index contributed by atoms with van der Waals surface area (Å²) in [7, 11) is 0. The number of carbonyl (C=O) groups excluding carboxylic acids is 2. The number of hydrogen-bond acceptors (Lipinski definition) is 4. The molecule has 164 valence electrons. The highest BCUT2D eigenvalue weighted by Gasteiger charge is 2.37. The second-order valence-electron chi connectivity index (χ2n) is 9.53. The number of likely N-dealkylation sites (tertiary alicyclic amines) is 1. The first kappa shape index (κ1) is 21.4. The highest BCUT2D eigenvalue weighted by Crippen LogP contribution is 2.39. The standard InChI is InChI=1S/C23H31ClN2O4/c1-23(2,3)30-22(28)26-8-4-5-20(26)18-12-17(24)11-15-6-9-25(13-19(15)18)21(27)16-7-10-29-14-16/h11-12,16,20H,4-10,13-14H2,1-3H3/t16-,20+/m1/s1. The van der Waals surface area contributed by atoms with Crippen LogP contribution in [0.5, 0.6) is 0 Å². The molecule has 2 atom stereocenters. The smallest absolute Gasteiger partial charge is 0.410 e. The normalized spacial score (nSPS) is 24.1. The first-order valence-corrected chi connectivity index (χ1v) is 11.3. The van der Waals surface area contributed by atoms with Gasteiger partial charge in [0.2, 0.25) is 5.91 Å². The van der Waals surface area contributed by atoms with Crippen LogP contribution in [0.3, 0.4) is 0 Å². The van der Waals surface area contributed by atoms with Crippen LogP contribution in [-0.2, 0) is 27.2 Å². The SMILES string of the molecule is CC(C)(C)OC(=O)N1CCC[C@H]1c1cc(Cl)cc2c1CN(C(=O)[C@@H]1CCOC1)CC2. The summed E-state index contributed by atoms with van der Waals surface area (Å²) < 4.78 is 11.1. The molecule has 2 saturated heterocycles. The van der Waals surface area contributed by atoms with E-state index in [4.69, 9.17) is 21.1 Å². The van der Waals surface area contributed by atoms with Crippen LogP contribution >= 0.6 is 11.6 Å². The third-order valence-corrected chi connectivity index (χ3v) is 6.39. The maximum Gasteiger partial charge on any atom is 0.410 e. The van der Waals surface area contributed by atoms with E-state index in [1.807, 2.05) is 42.7 Å². The van der Waals surface area contributed by atoms with Crippen LogP contribution in [0.2, 0.25) is 5.02 Å². The first-order valence-electron chi connectivity index (χ1n) is 10.9. The monoisotopic (exact) mass is 434 g/mol. The van der Waals surface area contributed by atoms with Crippen LogP contribution < -0.4 is 0 Å². The number of halogens is 1. The Bertz CT molecular complexity index is 829. The summed E-state index contributed by atoms with van der Waals surface area (Å²) in [5, 5.41) is 0.684. The predicted octanol–water partition coefficient (Wildman–Crippen LogP) is 4.33. The van der Waals surface area contributed by atoms with Crippen molar-refractivity contribution in [2.75, 3.05) is 26.3 Å². The number of rotatable bonds is 2. The fraction of sp³-hybridized carbons (Fsp3) is 0.652. The second-order valence-corrected chi connectivity index (χ2v) is 9.97. The van der Waals surface area contributed by atoms with E-state index in [9.17, 15) is 9.59 Å². The fourth-order valence-corrected chi connectivity index (χ4v) is 5.01. The van der Waals surface area contributed by atoms with Gasteiger partial charge in [-0.3, -0.25) is 4.79 Å². The molecule has 0 N–H and O–H groups in total. The molecule has 0 aromatic heterocycles. The zero-order valence-corrected chi connectivity index (χ0v) is 18.8. The van der Waals surface area contributed by atoms with Crippen molar-refractivity contribution < 1.29 is 19.1 Å². The second kappa shape index (κ2) is 8.39. The van der Waals surface area contributed by atoms with Crippen LogP contribution in [0.25, 0.3) is 0 Å². The number of ether oxygens (including phenoxy) is 2. The molecule has 7 heteroatoms. The molecule has 1 aromatic rings. The van der Waals surface area contributed by atoms with Gasteiger partial charge in [0.05, 0.1) is 18.6 Å². The Labute approximate surface area is 183 Å². The number of amides is 2. The minimum Gasteiger partial charge on any atom is -0.444 e. The minimum absolute atomic E-state index is 0.0351. The summed E-state index contributed by atoms with van der Waals surface area (Å²) in [5.74, 6) is 0.140. The number of hydrogen-bond donors (Lipinski definition) is 0. The summed E-state index contributed by atoms with van der Waals surface area (Å²) in [4.78, 5) is 29.6. The van der Waals surface area contributed by atoms with Crippen molar-refractivity contribution in [2.24, 2.45) is 5.92 Å². The molecule has 1 aromatic carbocycles. The van der Waals surface area contributed by atoms with Crippen LogP contribution in [0.1, 0.15) is 62.8 Å². The van der Waals surface area contributed by atoms with Gasteiger partial charge in [-0.25, -0.2) is 4.79 Å². The number of carbonyl (C=O) groups is 2. The Hall–Kier alpha value is -1.79. The van der Waals surface area contributed by atoms with Crippen molar-refractivity contribution >= 4 is 23.6 Å². The summed E-state index contributed by atoms with van der Waals surface area (Å²) in [6.07, 6.45) is 3.08. The van der Waals surface area contributed by atoms with Gasteiger partial charge in [0, 0.05) is 31.3 Å². The van der Waals surface area contributed by atoms with Crippen molar-refractivity contribution in [1.29, 1.82) is 0 Å². The Morgan fingerprint density at radius 3 is 2.70 bits per heavy atom. The number of nitrogens with zero attached hydrogens (tertiary/aromatic N) is 2. The van der Waals surface area contributed by atoms with Gasteiger partial charge >= 0.3 is 6.09 Å². The van der Waals surface area contributed by atoms with Crippen LogP contribution in [0, 0.1) is 5.92 Å². The average molecular weight is 435 g/mol. The molecular weight excluding hydrogens is 404 g/mol. The van der Waals surface area contributed by atoms with E-state index >= 15 is 0 Å². The van der Waals surface area contributed by atoms with Gasteiger partial charge in [-0.05, 0) is 75.3 Å². The van der Waals surface area contributed by atoms with Crippen molar-refractivity contribution in [3.63, 3.8) is 0 Å². The lowest BCUT2D eigenvalue weighted by Crippen LogP contribution is -2.41. The molecule has 0 bridgehead atoms. The Balaban J connectivity index is 1.61. The van der Waals surface area contributed by atoms with Gasteiger partial charge in [0.15, 0.2) is 0 Å². The molecule has 6 nitrogen and oxygen atoms in total. The van der Waals surface area contributed by atoms with E-state index in [1.54, 1.807) is 0 Å². The van der Waals surface area contributed by atoms with E-state index in [2.05, 4.69) is 0 Å². The number of benzene rings is 1. The zero-order chi connectivity index (χ0) is 21.5. The summed E-state index contributed by atoms with van der Waals surface area (Å²) in [6.45, 7) is 8.76. The Kier molecular flexibility index (Phi) is 5.99. The summed E-state index contributed by atoms with van der Waals surface area (Å²) >= 11 is 6.46. The van der Waals surface area contributed by atoms with Gasteiger partial charge < -0.3 is 19.3 Å². The maximum atomic E-state index is 13.0. The topological polar surface area (TPSA) is 59.1 Å². The minimum atomic E-state index is -0.537. The van der Waals surface area contributed by atoms with E-state index < -0.39 is 5.60 Å². The quantitative estimate of drug-likeness (QED) is 0.695. The van der Waals surface area contributed by atoms with Crippen molar-refractivity contribution in [2.45, 2.75) is 64.6 Å². The van der Waals surface area contributed by atoms with E-state index in [0.29, 0.717) is 37.9 Å². The van der Waals surface area contributed by atoms with Crippen LogP contribution in [0.4, 0.5) is 4.79 Å². The molecule has 30 heavy (non-hydrogen) atoms. The maximum absolute atomic E-state index is 13.0. The molecule has 2 amide bonds. The summed E-state index contributed by atoms with van der Waals surface area (Å²) in [6, 6.07) is 3.91. The molecule has 3 aliphatic heterocycles. The molecule has 0 saturated carbocycles. The van der Waals surface area contributed by atoms with E-state index in [1.165, 1.54) is 5.56 Å². The molecule has 2 fully saturated rings. The fourth-order valence-electron chi connectivity index (χ4n) is 4.76. The van der Waals surface area contributed by atoms with Crippen LogP contribution in [-0.4, -0.2) is 53.7 Å². The molecule has 0 aliphatic carbocycles. The molecule has 3 aliphatic rings.